The maximum Gasteiger partial charge on any atom is 0.304 e. The summed E-state index contributed by atoms with van der Waals surface area (Å²) in [6.07, 6.45) is 0. The standard InChI is InChI=1S/C20H27N3O4S/c1-6-27-18-11-9-17(10-12-18)21-20(24)14-23(28(25,26)22(4)5)19-13-15(2)7-8-16(19)3/h7-13H,6,14H2,1-5H3,(H,21,24). The van der Waals surface area contributed by atoms with E-state index in [0.29, 0.717) is 23.7 Å². The molecule has 0 aromatic heterocycles. The molecule has 0 fully saturated rings. The zero-order valence-corrected chi connectivity index (χ0v) is 17.7. The number of benzene rings is 2. The first kappa shape index (κ1) is 21.7. The Bertz CT molecular complexity index is 925. The summed E-state index contributed by atoms with van der Waals surface area (Å²) in [6.45, 7) is 5.81. The van der Waals surface area contributed by atoms with Gasteiger partial charge in [-0.1, -0.05) is 12.1 Å². The maximum atomic E-state index is 12.9. The number of rotatable bonds is 8. The molecule has 0 aliphatic heterocycles. The van der Waals surface area contributed by atoms with E-state index in [2.05, 4.69) is 5.32 Å². The molecule has 0 heterocycles. The second-order valence-electron chi connectivity index (χ2n) is 6.59. The first-order valence-corrected chi connectivity index (χ1v) is 10.3. The summed E-state index contributed by atoms with van der Waals surface area (Å²) < 4.78 is 33.3. The van der Waals surface area contributed by atoms with Crippen LogP contribution in [-0.4, -0.2) is 45.9 Å². The molecule has 8 heteroatoms. The van der Waals surface area contributed by atoms with E-state index >= 15 is 0 Å². The van der Waals surface area contributed by atoms with Crippen LogP contribution in [0.1, 0.15) is 18.1 Å². The normalized spacial score (nSPS) is 11.4. The predicted octanol–water partition coefficient (Wildman–Crippen LogP) is 2.95. The molecule has 28 heavy (non-hydrogen) atoms. The van der Waals surface area contributed by atoms with Crippen LogP contribution in [-0.2, 0) is 15.0 Å². The van der Waals surface area contributed by atoms with Gasteiger partial charge in [0.15, 0.2) is 0 Å². The van der Waals surface area contributed by atoms with Crippen molar-refractivity contribution >= 4 is 27.5 Å². The lowest BCUT2D eigenvalue weighted by molar-refractivity contribution is -0.114. The molecule has 0 spiro atoms. The van der Waals surface area contributed by atoms with E-state index in [1.165, 1.54) is 14.1 Å². The molecule has 0 saturated carbocycles. The molecule has 152 valence electrons. The Balaban J connectivity index is 2.27. The highest BCUT2D eigenvalue weighted by Crippen LogP contribution is 2.25. The Morgan fingerprint density at radius 1 is 1.07 bits per heavy atom. The lowest BCUT2D eigenvalue weighted by Crippen LogP contribution is -2.44. The fourth-order valence-corrected chi connectivity index (χ4v) is 3.73. The number of aryl methyl sites for hydroxylation is 2. The summed E-state index contributed by atoms with van der Waals surface area (Å²) in [6, 6.07) is 12.4. The predicted molar refractivity (Wildman–Crippen MR) is 112 cm³/mol. The van der Waals surface area contributed by atoms with Crippen molar-refractivity contribution in [2.45, 2.75) is 20.8 Å². The van der Waals surface area contributed by atoms with Crippen molar-refractivity contribution in [1.29, 1.82) is 0 Å². The number of carbonyl (C=O) groups is 1. The minimum atomic E-state index is -3.85. The van der Waals surface area contributed by atoms with Gasteiger partial charge in [-0.15, -0.1) is 0 Å². The van der Waals surface area contributed by atoms with Gasteiger partial charge in [-0.2, -0.15) is 12.7 Å². The molecule has 0 aliphatic rings. The van der Waals surface area contributed by atoms with Gasteiger partial charge in [0.05, 0.1) is 12.3 Å². The van der Waals surface area contributed by atoms with Gasteiger partial charge >= 0.3 is 10.2 Å². The van der Waals surface area contributed by atoms with Crippen LogP contribution in [0.2, 0.25) is 0 Å². The fraction of sp³-hybridized carbons (Fsp3) is 0.350. The van der Waals surface area contributed by atoms with Crippen LogP contribution >= 0.6 is 0 Å². The number of carbonyl (C=O) groups excluding carboxylic acids is 1. The van der Waals surface area contributed by atoms with Gasteiger partial charge in [0.1, 0.15) is 12.3 Å². The topological polar surface area (TPSA) is 79.0 Å². The van der Waals surface area contributed by atoms with Crippen LogP contribution in [0.25, 0.3) is 0 Å². The molecule has 0 radical (unpaired) electrons. The van der Waals surface area contributed by atoms with Crippen molar-refractivity contribution in [2.24, 2.45) is 0 Å². The van der Waals surface area contributed by atoms with Crippen molar-refractivity contribution in [3.05, 3.63) is 53.6 Å². The van der Waals surface area contributed by atoms with E-state index in [9.17, 15) is 13.2 Å². The van der Waals surface area contributed by atoms with Crippen molar-refractivity contribution in [3.63, 3.8) is 0 Å². The number of nitrogens with one attached hydrogen (secondary N) is 1. The van der Waals surface area contributed by atoms with Crippen LogP contribution in [0.15, 0.2) is 42.5 Å². The highest BCUT2D eigenvalue weighted by molar-refractivity contribution is 7.90. The molecule has 0 aliphatic carbocycles. The highest BCUT2D eigenvalue weighted by Gasteiger charge is 2.28. The fourth-order valence-electron chi connectivity index (χ4n) is 2.61. The van der Waals surface area contributed by atoms with Crippen LogP contribution < -0.4 is 14.4 Å². The molecule has 1 amide bonds. The van der Waals surface area contributed by atoms with Crippen LogP contribution in [0.3, 0.4) is 0 Å². The number of hydrogen-bond donors (Lipinski definition) is 1. The summed E-state index contributed by atoms with van der Waals surface area (Å²) in [5.74, 6) is 0.267. The van der Waals surface area contributed by atoms with Gasteiger partial charge in [-0.05, 0) is 62.2 Å². The zero-order chi connectivity index (χ0) is 20.9. The Kier molecular flexibility index (Phi) is 7.04. The summed E-state index contributed by atoms with van der Waals surface area (Å²) in [5.41, 5.74) is 2.73. The Morgan fingerprint density at radius 2 is 1.71 bits per heavy atom. The summed E-state index contributed by atoms with van der Waals surface area (Å²) >= 11 is 0. The average molecular weight is 406 g/mol. The highest BCUT2D eigenvalue weighted by atomic mass is 32.2. The first-order valence-electron chi connectivity index (χ1n) is 8.95. The van der Waals surface area contributed by atoms with Crippen molar-refractivity contribution in [3.8, 4) is 5.75 Å². The van der Waals surface area contributed by atoms with Crippen molar-refractivity contribution in [2.75, 3.05) is 36.9 Å². The molecular weight excluding hydrogens is 378 g/mol. The third kappa shape index (κ3) is 5.24. The molecule has 0 atom stereocenters. The van der Waals surface area contributed by atoms with E-state index in [-0.39, 0.29) is 6.54 Å². The molecule has 2 aromatic carbocycles. The quantitative estimate of drug-likeness (QED) is 0.732. The second kappa shape index (κ2) is 9.07. The van der Waals surface area contributed by atoms with E-state index < -0.39 is 16.1 Å². The largest absolute Gasteiger partial charge is 0.494 e. The van der Waals surface area contributed by atoms with Gasteiger partial charge < -0.3 is 10.1 Å². The number of ether oxygens (including phenoxy) is 1. The van der Waals surface area contributed by atoms with E-state index in [4.69, 9.17) is 4.74 Å². The molecule has 0 bridgehead atoms. The minimum absolute atomic E-state index is 0.335. The number of nitrogens with zero attached hydrogens (tertiary/aromatic N) is 2. The summed E-state index contributed by atoms with van der Waals surface area (Å²) in [5, 5.41) is 2.74. The van der Waals surface area contributed by atoms with Gasteiger partial charge in [-0.3, -0.25) is 4.79 Å². The number of amides is 1. The van der Waals surface area contributed by atoms with Crippen molar-refractivity contribution in [1.82, 2.24) is 4.31 Å². The molecule has 0 saturated heterocycles. The van der Waals surface area contributed by atoms with Gasteiger partial charge in [0, 0.05) is 19.8 Å². The Labute approximate surface area is 167 Å². The van der Waals surface area contributed by atoms with Crippen LogP contribution in [0.4, 0.5) is 11.4 Å². The molecule has 2 aromatic rings. The summed E-state index contributed by atoms with van der Waals surface area (Å²) in [7, 11) is -0.962. The molecule has 0 unspecified atom stereocenters. The summed E-state index contributed by atoms with van der Waals surface area (Å²) in [4.78, 5) is 12.6. The minimum Gasteiger partial charge on any atom is -0.494 e. The Hall–Kier alpha value is -2.58. The first-order chi connectivity index (χ1) is 13.1. The van der Waals surface area contributed by atoms with Gasteiger partial charge in [-0.25, -0.2) is 4.31 Å². The zero-order valence-electron chi connectivity index (χ0n) is 16.9. The lowest BCUT2D eigenvalue weighted by atomic mass is 10.1. The van der Waals surface area contributed by atoms with Gasteiger partial charge in [0.2, 0.25) is 5.91 Å². The smallest absolute Gasteiger partial charge is 0.304 e. The second-order valence-corrected chi connectivity index (χ2v) is 8.66. The maximum absolute atomic E-state index is 12.9. The van der Waals surface area contributed by atoms with E-state index in [1.807, 2.05) is 32.9 Å². The molecular formula is C20H27N3O4S. The lowest BCUT2D eigenvalue weighted by Gasteiger charge is -2.28. The average Bonchev–Trinajstić information content (AvgIpc) is 2.63. The monoisotopic (exact) mass is 405 g/mol. The van der Waals surface area contributed by atoms with Crippen LogP contribution in [0.5, 0.6) is 5.75 Å². The molecule has 7 nitrogen and oxygen atoms in total. The van der Waals surface area contributed by atoms with E-state index in [1.54, 1.807) is 30.3 Å². The molecule has 1 N–H and O–H groups in total. The molecule has 2 rings (SSSR count). The Morgan fingerprint density at radius 3 is 2.29 bits per heavy atom. The number of anilines is 2. The number of hydrogen-bond acceptors (Lipinski definition) is 4. The van der Waals surface area contributed by atoms with Crippen molar-refractivity contribution < 1.29 is 17.9 Å². The third-order valence-electron chi connectivity index (χ3n) is 4.11. The van der Waals surface area contributed by atoms with Gasteiger partial charge in [0.25, 0.3) is 0 Å². The van der Waals surface area contributed by atoms with Crippen LogP contribution in [0, 0.1) is 13.8 Å². The SMILES string of the molecule is CCOc1ccc(NC(=O)CN(c2cc(C)ccc2C)S(=O)(=O)N(C)C)cc1. The third-order valence-corrected chi connectivity index (χ3v) is 5.92. The van der Waals surface area contributed by atoms with E-state index in [0.717, 1.165) is 19.7 Å².